The fourth-order valence-corrected chi connectivity index (χ4v) is 1.35. The molecule has 0 bridgehead atoms. The molecule has 5 nitrogen and oxygen atoms in total. The van der Waals surface area contributed by atoms with Crippen molar-refractivity contribution in [2.75, 3.05) is 20.3 Å². The fraction of sp³-hybridized carbons (Fsp3) is 0.571. The first-order chi connectivity index (χ1) is 8.95. The molecule has 1 heterocycles. The van der Waals surface area contributed by atoms with Crippen molar-refractivity contribution in [1.82, 2.24) is 10.3 Å². The summed E-state index contributed by atoms with van der Waals surface area (Å²) >= 11 is 0. The highest BCUT2D eigenvalue weighted by atomic mass is 16.5. The molecule has 5 heteroatoms. The molecule has 0 atom stereocenters. The molecule has 0 radical (unpaired) electrons. The van der Waals surface area contributed by atoms with Crippen molar-refractivity contribution < 1.29 is 14.3 Å². The quantitative estimate of drug-likeness (QED) is 0.797. The van der Waals surface area contributed by atoms with E-state index in [1.807, 2.05) is 32.9 Å². The van der Waals surface area contributed by atoms with Gasteiger partial charge in [-0.05, 0) is 6.07 Å². The first kappa shape index (κ1) is 15.4. The Bertz CT molecular complexity index is 413. The van der Waals surface area contributed by atoms with E-state index in [9.17, 15) is 4.79 Å². The Balaban J connectivity index is 2.60. The van der Waals surface area contributed by atoms with Crippen LogP contribution in [0.2, 0.25) is 0 Å². The first-order valence-corrected chi connectivity index (χ1v) is 6.29. The Hall–Kier alpha value is -1.62. The van der Waals surface area contributed by atoms with Gasteiger partial charge in [0.15, 0.2) is 0 Å². The summed E-state index contributed by atoms with van der Waals surface area (Å²) in [6.07, 6.45) is 1.66. The summed E-state index contributed by atoms with van der Waals surface area (Å²) in [5, 5.41) is 2.88. The number of carbonyl (C=O) groups is 1. The van der Waals surface area contributed by atoms with Crippen LogP contribution < -0.4 is 10.1 Å². The molecule has 106 valence electrons. The average Bonchev–Trinajstić information content (AvgIpc) is 2.36. The van der Waals surface area contributed by atoms with Crippen LogP contribution in [0.3, 0.4) is 0 Å². The molecule has 1 aromatic rings. The number of nitrogens with one attached hydrogen (secondary N) is 1. The molecule has 0 saturated carbocycles. The van der Waals surface area contributed by atoms with Crippen LogP contribution in [0.5, 0.6) is 5.88 Å². The third-order valence-electron chi connectivity index (χ3n) is 2.50. The van der Waals surface area contributed by atoms with Crippen molar-refractivity contribution in [2.24, 2.45) is 5.41 Å². The molecule has 0 aliphatic carbocycles. The number of hydrogen-bond donors (Lipinski definition) is 1. The Labute approximate surface area is 114 Å². The summed E-state index contributed by atoms with van der Waals surface area (Å²) in [7, 11) is 1.62. The van der Waals surface area contributed by atoms with Crippen LogP contribution in [-0.4, -0.2) is 31.2 Å². The van der Waals surface area contributed by atoms with Crippen molar-refractivity contribution >= 4 is 5.91 Å². The molecule has 1 aromatic heterocycles. The van der Waals surface area contributed by atoms with Crippen LogP contribution >= 0.6 is 0 Å². The van der Waals surface area contributed by atoms with E-state index in [2.05, 4.69) is 10.3 Å². The van der Waals surface area contributed by atoms with Crippen molar-refractivity contribution in [1.29, 1.82) is 0 Å². The molecule has 1 rings (SSSR count). The maximum Gasteiger partial charge on any atom is 0.225 e. The second-order valence-corrected chi connectivity index (χ2v) is 5.24. The molecule has 0 aliphatic heterocycles. The number of nitrogens with zero attached hydrogens (tertiary/aromatic N) is 1. The fourth-order valence-electron chi connectivity index (χ4n) is 1.35. The molecule has 0 aliphatic rings. The number of hydrogen-bond acceptors (Lipinski definition) is 4. The topological polar surface area (TPSA) is 60.5 Å². The van der Waals surface area contributed by atoms with E-state index in [1.165, 1.54) is 0 Å². The molecular formula is C14H22N2O3. The number of pyridine rings is 1. The molecular weight excluding hydrogens is 244 g/mol. The van der Waals surface area contributed by atoms with E-state index in [-0.39, 0.29) is 5.91 Å². The SMILES string of the molecule is COCCOc1ncccc1CNC(=O)C(C)(C)C. The van der Waals surface area contributed by atoms with Gasteiger partial charge in [-0.25, -0.2) is 4.98 Å². The predicted molar refractivity (Wildman–Crippen MR) is 72.9 cm³/mol. The zero-order chi connectivity index (χ0) is 14.3. The normalized spacial score (nSPS) is 11.2. The van der Waals surface area contributed by atoms with Crippen LogP contribution in [-0.2, 0) is 16.1 Å². The van der Waals surface area contributed by atoms with E-state index in [0.717, 1.165) is 5.56 Å². The maximum absolute atomic E-state index is 11.8. The lowest BCUT2D eigenvalue weighted by molar-refractivity contribution is -0.128. The second kappa shape index (κ2) is 7.09. The van der Waals surface area contributed by atoms with Gasteiger partial charge in [-0.1, -0.05) is 26.8 Å². The van der Waals surface area contributed by atoms with E-state index >= 15 is 0 Å². The number of rotatable bonds is 6. The second-order valence-electron chi connectivity index (χ2n) is 5.24. The van der Waals surface area contributed by atoms with Gasteiger partial charge < -0.3 is 14.8 Å². The molecule has 0 aromatic carbocycles. The van der Waals surface area contributed by atoms with Gasteiger partial charge in [0.25, 0.3) is 0 Å². The van der Waals surface area contributed by atoms with Gasteiger partial charge in [-0.3, -0.25) is 4.79 Å². The third kappa shape index (κ3) is 5.26. The van der Waals surface area contributed by atoms with E-state index < -0.39 is 5.41 Å². The number of ether oxygens (including phenoxy) is 2. The first-order valence-electron chi connectivity index (χ1n) is 6.29. The maximum atomic E-state index is 11.8. The van der Waals surface area contributed by atoms with Gasteiger partial charge in [-0.2, -0.15) is 0 Å². The average molecular weight is 266 g/mol. The lowest BCUT2D eigenvalue weighted by Crippen LogP contribution is -2.34. The minimum absolute atomic E-state index is 0.000746. The number of aromatic nitrogens is 1. The van der Waals surface area contributed by atoms with Crippen LogP contribution in [0, 0.1) is 5.41 Å². The van der Waals surface area contributed by atoms with Crippen LogP contribution in [0.15, 0.2) is 18.3 Å². The standard InChI is InChI=1S/C14H22N2O3/c1-14(2,3)13(17)16-10-11-6-5-7-15-12(11)19-9-8-18-4/h5-7H,8-10H2,1-4H3,(H,16,17). The summed E-state index contributed by atoms with van der Waals surface area (Å²) in [5.41, 5.74) is 0.454. The highest BCUT2D eigenvalue weighted by Gasteiger charge is 2.21. The Kier molecular flexibility index (Phi) is 5.76. The van der Waals surface area contributed by atoms with Crippen molar-refractivity contribution in [3.63, 3.8) is 0 Å². The summed E-state index contributed by atoms with van der Waals surface area (Å²) in [5.74, 6) is 0.535. The Morgan fingerprint density at radius 1 is 1.37 bits per heavy atom. The molecule has 1 N–H and O–H groups in total. The van der Waals surface area contributed by atoms with E-state index in [1.54, 1.807) is 13.3 Å². The van der Waals surface area contributed by atoms with Crippen LogP contribution in [0.4, 0.5) is 0 Å². The van der Waals surface area contributed by atoms with Crippen molar-refractivity contribution in [2.45, 2.75) is 27.3 Å². The molecule has 0 fully saturated rings. The zero-order valence-electron chi connectivity index (χ0n) is 12.0. The lowest BCUT2D eigenvalue weighted by Gasteiger charge is -2.18. The van der Waals surface area contributed by atoms with Gasteiger partial charge >= 0.3 is 0 Å². The molecule has 0 spiro atoms. The summed E-state index contributed by atoms with van der Waals surface area (Å²) < 4.78 is 10.4. The lowest BCUT2D eigenvalue weighted by atomic mass is 9.95. The molecule has 0 saturated heterocycles. The van der Waals surface area contributed by atoms with Crippen LogP contribution in [0.1, 0.15) is 26.3 Å². The zero-order valence-corrected chi connectivity index (χ0v) is 12.0. The van der Waals surface area contributed by atoms with Crippen molar-refractivity contribution in [3.8, 4) is 5.88 Å². The molecule has 19 heavy (non-hydrogen) atoms. The number of methoxy groups -OCH3 is 1. The predicted octanol–water partition coefficient (Wildman–Crippen LogP) is 1.77. The smallest absolute Gasteiger partial charge is 0.225 e. The van der Waals surface area contributed by atoms with Gasteiger partial charge in [0.05, 0.1) is 6.61 Å². The summed E-state index contributed by atoms with van der Waals surface area (Å²) in [6.45, 7) is 6.98. The Morgan fingerprint density at radius 2 is 2.11 bits per heavy atom. The van der Waals surface area contributed by atoms with E-state index in [0.29, 0.717) is 25.6 Å². The minimum Gasteiger partial charge on any atom is -0.475 e. The minimum atomic E-state index is -0.403. The highest BCUT2D eigenvalue weighted by molar-refractivity contribution is 5.81. The third-order valence-corrected chi connectivity index (χ3v) is 2.50. The summed E-state index contributed by atoms with van der Waals surface area (Å²) in [4.78, 5) is 16.0. The van der Waals surface area contributed by atoms with Gasteiger partial charge in [0.1, 0.15) is 6.61 Å². The highest BCUT2D eigenvalue weighted by Crippen LogP contribution is 2.16. The monoisotopic (exact) mass is 266 g/mol. The Morgan fingerprint density at radius 3 is 2.74 bits per heavy atom. The van der Waals surface area contributed by atoms with Gasteiger partial charge in [-0.15, -0.1) is 0 Å². The van der Waals surface area contributed by atoms with Gasteiger partial charge in [0.2, 0.25) is 11.8 Å². The van der Waals surface area contributed by atoms with Gasteiger partial charge in [0, 0.05) is 30.8 Å². The number of carbonyl (C=O) groups excluding carboxylic acids is 1. The van der Waals surface area contributed by atoms with E-state index in [4.69, 9.17) is 9.47 Å². The number of amides is 1. The van der Waals surface area contributed by atoms with Crippen molar-refractivity contribution in [3.05, 3.63) is 23.9 Å². The summed E-state index contributed by atoms with van der Waals surface area (Å²) in [6, 6.07) is 3.71. The van der Waals surface area contributed by atoms with Crippen LogP contribution in [0.25, 0.3) is 0 Å². The molecule has 1 amide bonds. The largest absolute Gasteiger partial charge is 0.475 e. The molecule has 0 unspecified atom stereocenters.